The van der Waals surface area contributed by atoms with Crippen molar-refractivity contribution in [3.63, 3.8) is 0 Å². The second-order valence-electron chi connectivity index (χ2n) is 11.3. The number of rotatable bonds is 3. The van der Waals surface area contributed by atoms with Crippen LogP contribution in [0, 0.1) is 34.0 Å². The zero-order chi connectivity index (χ0) is 24.1. The number of allylic oxidation sites excluding steroid dienone is 1. The molecule has 4 bridgehead atoms. The van der Waals surface area contributed by atoms with Crippen molar-refractivity contribution in [1.82, 2.24) is 0 Å². The number of hydrogen-bond donors (Lipinski definition) is 0. The van der Waals surface area contributed by atoms with Gasteiger partial charge in [-0.05, 0) is 86.1 Å². The number of hydrogen-bond acceptors (Lipinski definition) is 6. The Morgan fingerprint density at radius 1 is 1.06 bits per heavy atom. The van der Waals surface area contributed by atoms with Gasteiger partial charge < -0.3 is 4.74 Å². The van der Waals surface area contributed by atoms with Gasteiger partial charge in [-0.25, -0.2) is 0 Å². The molecule has 0 aromatic heterocycles. The molecule has 5 saturated carbocycles. The van der Waals surface area contributed by atoms with Crippen molar-refractivity contribution in [1.29, 1.82) is 0 Å². The fourth-order valence-corrected chi connectivity index (χ4v) is 9.69. The van der Waals surface area contributed by atoms with Crippen molar-refractivity contribution in [2.75, 3.05) is 6.61 Å². The molecule has 0 N–H and O–H groups in total. The Kier molecular flexibility index (Phi) is 4.80. The van der Waals surface area contributed by atoms with Gasteiger partial charge in [0.1, 0.15) is 0 Å². The van der Waals surface area contributed by atoms with Crippen molar-refractivity contribution < 1.29 is 26.9 Å². The standard InChI is InChI=1S/C26H29ClO6S/c1-15-16-8-11-26(22(15)28)20(12-16)25-10-3-9-24(2,14-32-23(25)29)19(25)13-21(26)33-34(30,31)18-6-4-17(27)5-7-18/h4-7,16,19-21H,1,3,8-14H2,2H3/t16-,19?,20?,21+,24-,25-,26+/m0/s1. The fraction of sp³-hybridized carbons (Fsp3) is 0.615. The highest BCUT2D eigenvalue weighted by molar-refractivity contribution is 7.86. The number of benzene rings is 1. The van der Waals surface area contributed by atoms with E-state index in [1.165, 1.54) is 24.3 Å². The number of carbonyl (C=O) groups excluding carboxylic acids is 2. The summed E-state index contributed by atoms with van der Waals surface area (Å²) >= 11 is 5.96. The van der Waals surface area contributed by atoms with E-state index >= 15 is 0 Å². The molecule has 2 unspecified atom stereocenters. The summed E-state index contributed by atoms with van der Waals surface area (Å²) in [5.41, 5.74) is -1.53. The quantitative estimate of drug-likeness (QED) is 0.336. The van der Waals surface area contributed by atoms with Crippen LogP contribution in [0.15, 0.2) is 41.3 Å². The Morgan fingerprint density at radius 3 is 2.53 bits per heavy atom. The van der Waals surface area contributed by atoms with E-state index in [1.54, 1.807) is 0 Å². The highest BCUT2D eigenvalue weighted by atomic mass is 35.5. The van der Waals surface area contributed by atoms with Crippen LogP contribution in [0.5, 0.6) is 0 Å². The third kappa shape index (κ3) is 2.75. The van der Waals surface area contributed by atoms with Gasteiger partial charge in [-0.15, -0.1) is 0 Å². The average Bonchev–Trinajstić information content (AvgIpc) is 2.80. The van der Waals surface area contributed by atoms with Gasteiger partial charge in [-0.1, -0.05) is 31.5 Å². The minimum atomic E-state index is -4.15. The number of fused-ring (bicyclic) bond motifs is 2. The molecule has 5 aliphatic carbocycles. The maximum Gasteiger partial charge on any atom is 0.312 e. The Bertz CT molecular complexity index is 1210. The molecular weight excluding hydrogens is 476 g/mol. The zero-order valence-corrected chi connectivity index (χ0v) is 20.8. The molecule has 8 heteroatoms. The Morgan fingerprint density at radius 2 is 1.79 bits per heavy atom. The normalized spacial score (nSPS) is 43.2. The molecule has 0 amide bonds. The predicted octanol–water partition coefficient (Wildman–Crippen LogP) is 4.71. The van der Waals surface area contributed by atoms with Crippen molar-refractivity contribution in [2.24, 2.45) is 34.0 Å². The van der Waals surface area contributed by atoms with Crippen LogP contribution in [0.4, 0.5) is 0 Å². The predicted molar refractivity (Wildman–Crippen MR) is 124 cm³/mol. The monoisotopic (exact) mass is 504 g/mol. The summed E-state index contributed by atoms with van der Waals surface area (Å²) in [6.45, 7) is 6.56. The molecule has 6 nitrogen and oxygen atoms in total. The molecule has 1 aliphatic heterocycles. The smallest absolute Gasteiger partial charge is 0.312 e. The van der Waals surface area contributed by atoms with Gasteiger partial charge in [0.2, 0.25) is 0 Å². The van der Waals surface area contributed by atoms with Crippen LogP contribution in [-0.2, 0) is 28.6 Å². The molecule has 1 aromatic rings. The summed E-state index contributed by atoms with van der Waals surface area (Å²) in [4.78, 5) is 27.4. The van der Waals surface area contributed by atoms with E-state index < -0.39 is 27.1 Å². The summed E-state index contributed by atoms with van der Waals surface area (Å²) in [6, 6.07) is 5.86. The Labute approximate surface area is 205 Å². The minimum Gasteiger partial charge on any atom is -0.465 e. The number of halogens is 1. The SMILES string of the molecule is C=C1C(=O)[C@]23CC[C@H]1CC2[C@@]12CCC[C@@](C)(COC1=O)C2C[C@H]3OS(=O)(=O)c1ccc(Cl)cc1. The van der Waals surface area contributed by atoms with Crippen molar-refractivity contribution in [3.05, 3.63) is 41.4 Å². The number of ether oxygens (including phenoxy) is 1. The molecule has 7 atom stereocenters. The summed E-state index contributed by atoms with van der Waals surface area (Å²) in [5.74, 6) is -0.674. The first-order chi connectivity index (χ1) is 16.0. The zero-order valence-electron chi connectivity index (χ0n) is 19.2. The second-order valence-corrected chi connectivity index (χ2v) is 13.3. The minimum absolute atomic E-state index is 0.00960. The highest BCUT2D eigenvalue weighted by Gasteiger charge is 2.76. The van der Waals surface area contributed by atoms with Gasteiger partial charge in [0.15, 0.2) is 5.78 Å². The van der Waals surface area contributed by atoms with Crippen LogP contribution >= 0.6 is 11.6 Å². The van der Waals surface area contributed by atoms with Crippen LogP contribution in [0.2, 0.25) is 5.02 Å². The molecule has 1 aromatic carbocycles. The summed E-state index contributed by atoms with van der Waals surface area (Å²) in [7, 11) is -4.15. The molecular formula is C26H29ClO6S. The average molecular weight is 505 g/mol. The molecule has 1 heterocycles. The molecule has 1 saturated heterocycles. The molecule has 7 rings (SSSR count). The van der Waals surface area contributed by atoms with E-state index in [9.17, 15) is 18.0 Å². The van der Waals surface area contributed by atoms with E-state index in [4.69, 9.17) is 20.5 Å². The third-order valence-electron chi connectivity index (χ3n) is 9.96. The molecule has 6 aliphatic rings. The van der Waals surface area contributed by atoms with Gasteiger partial charge in [0.25, 0.3) is 10.1 Å². The van der Waals surface area contributed by atoms with Gasteiger partial charge >= 0.3 is 5.97 Å². The molecule has 34 heavy (non-hydrogen) atoms. The van der Waals surface area contributed by atoms with Crippen molar-refractivity contribution in [2.45, 2.75) is 62.9 Å². The lowest BCUT2D eigenvalue weighted by Gasteiger charge is -2.69. The lowest BCUT2D eigenvalue weighted by Crippen LogP contribution is -2.73. The van der Waals surface area contributed by atoms with E-state index in [0.717, 1.165) is 19.3 Å². The summed E-state index contributed by atoms with van der Waals surface area (Å²) in [5, 5.41) is 0.427. The summed E-state index contributed by atoms with van der Waals surface area (Å²) in [6.07, 6.45) is 3.93. The van der Waals surface area contributed by atoms with E-state index in [2.05, 4.69) is 13.5 Å². The lowest BCUT2D eigenvalue weighted by molar-refractivity contribution is -0.251. The van der Waals surface area contributed by atoms with Gasteiger partial charge in [0.05, 0.1) is 28.4 Å². The van der Waals surface area contributed by atoms with Crippen LogP contribution in [0.25, 0.3) is 0 Å². The number of carbonyl (C=O) groups is 2. The lowest BCUT2D eigenvalue weighted by atomic mass is 9.35. The molecule has 6 fully saturated rings. The maximum atomic E-state index is 13.9. The number of esters is 1. The highest BCUT2D eigenvalue weighted by Crippen LogP contribution is 2.73. The summed E-state index contributed by atoms with van der Waals surface area (Å²) < 4.78 is 38.6. The fourth-order valence-electron chi connectivity index (χ4n) is 8.42. The van der Waals surface area contributed by atoms with Gasteiger partial charge in [0, 0.05) is 10.4 Å². The molecule has 1 spiro atoms. The van der Waals surface area contributed by atoms with Gasteiger partial charge in [-0.3, -0.25) is 13.8 Å². The van der Waals surface area contributed by atoms with Crippen LogP contribution < -0.4 is 0 Å². The van der Waals surface area contributed by atoms with E-state index in [0.29, 0.717) is 42.9 Å². The second kappa shape index (κ2) is 7.17. The maximum absolute atomic E-state index is 13.9. The first kappa shape index (κ1) is 22.7. The number of ketones is 1. The van der Waals surface area contributed by atoms with E-state index in [-0.39, 0.29) is 39.8 Å². The largest absolute Gasteiger partial charge is 0.465 e. The molecule has 182 valence electrons. The topological polar surface area (TPSA) is 86.7 Å². The third-order valence-corrected chi connectivity index (χ3v) is 11.5. The van der Waals surface area contributed by atoms with Crippen molar-refractivity contribution >= 4 is 33.5 Å². The number of cyclic esters (lactones) is 1. The Balaban J connectivity index is 1.50. The first-order valence-corrected chi connectivity index (χ1v) is 13.9. The number of Topliss-reactive ketones (excluding diaryl/α,β-unsaturated/α-hetero) is 1. The van der Waals surface area contributed by atoms with Crippen LogP contribution in [0.3, 0.4) is 0 Å². The molecule has 0 radical (unpaired) electrons. The van der Waals surface area contributed by atoms with Crippen molar-refractivity contribution in [3.8, 4) is 0 Å². The van der Waals surface area contributed by atoms with Crippen LogP contribution in [-0.4, -0.2) is 32.9 Å². The van der Waals surface area contributed by atoms with Crippen LogP contribution in [0.1, 0.15) is 51.9 Å². The van der Waals surface area contributed by atoms with Gasteiger partial charge in [-0.2, -0.15) is 8.42 Å². The first-order valence-electron chi connectivity index (χ1n) is 12.1. The van der Waals surface area contributed by atoms with E-state index in [1.807, 2.05) is 0 Å². The Hall–Kier alpha value is -1.70.